The molecule has 1 N–H and O–H groups in total. The second-order valence-corrected chi connectivity index (χ2v) is 5.56. The molecule has 76 valence electrons. The van der Waals surface area contributed by atoms with Gasteiger partial charge in [-0.2, -0.15) is 0 Å². The highest BCUT2D eigenvalue weighted by Crippen LogP contribution is 2.66. The average molecular weight is 184 g/mol. The Morgan fingerprint density at radius 2 is 1.85 bits per heavy atom. The lowest BCUT2D eigenvalue weighted by Crippen LogP contribution is -2.43. The van der Waals surface area contributed by atoms with Crippen LogP contribution in [0.25, 0.3) is 0 Å². The highest BCUT2D eigenvalue weighted by Gasteiger charge is 2.63. The van der Waals surface area contributed by atoms with Gasteiger partial charge in [0.2, 0.25) is 0 Å². The summed E-state index contributed by atoms with van der Waals surface area (Å²) in [4.78, 5) is 0. The van der Waals surface area contributed by atoms with E-state index in [4.69, 9.17) is 4.74 Å². The van der Waals surface area contributed by atoms with Gasteiger partial charge in [-0.15, -0.1) is 0 Å². The van der Waals surface area contributed by atoms with Gasteiger partial charge in [0.05, 0.1) is 11.7 Å². The van der Waals surface area contributed by atoms with Gasteiger partial charge in [0.25, 0.3) is 0 Å². The van der Waals surface area contributed by atoms with E-state index in [1.165, 1.54) is 0 Å². The van der Waals surface area contributed by atoms with Crippen LogP contribution in [0.1, 0.15) is 33.6 Å². The lowest BCUT2D eigenvalue weighted by molar-refractivity contribution is -0.107. The number of methoxy groups -OCH3 is 1. The minimum absolute atomic E-state index is 0.0375. The minimum Gasteiger partial charge on any atom is -0.387 e. The van der Waals surface area contributed by atoms with E-state index in [2.05, 4.69) is 13.8 Å². The van der Waals surface area contributed by atoms with E-state index in [0.29, 0.717) is 11.3 Å². The lowest BCUT2D eigenvalue weighted by Gasteiger charge is -2.35. The van der Waals surface area contributed by atoms with Crippen LogP contribution in [0.2, 0.25) is 0 Å². The molecule has 0 amide bonds. The van der Waals surface area contributed by atoms with Crippen LogP contribution in [-0.4, -0.2) is 23.9 Å². The Bertz CT molecular complexity index is 220. The van der Waals surface area contributed by atoms with Gasteiger partial charge >= 0.3 is 0 Å². The predicted molar refractivity (Wildman–Crippen MR) is 51.4 cm³/mol. The molecule has 0 radical (unpaired) electrons. The molecule has 2 aliphatic rings. The summed E-state index contributed by atoms with van der Waals surface area (Å²) < 4.78 is 5.35. The van der Waals surface area contributed by atoms with Crippen molar-refractivity contribution >= 4 is 0 Å². The van der Waals surface area contributed by atoms with Crippen LogP contribution in [-0.2, 0) is 4.74 Å². The number of ether oxygens (including phenoxy) is 1. The number of rotatable bonds is 1. The van der Waals surface area contributed by atoms with Crippen molar-refractivity contribution in [2.24, 2.45) is 17.3 Å². The molecule has 0 bridgehead atoms. The van der Waals surface area contributed by atoms with Crippen molar-refractivity contribution in [1.82, 2.24) is 0 Å². The Morgan fingerprint density at radius 1 is 1.23 bits per heavy atom. The van der Waals surface area contributed by atoms with E-state index in [9.17, 15) is 5.11 Å². The van der Waals surface area contributed by atoms with Gasteiger partial charge in [-0.1, -0.05) is 13.8 Å². The first kappa shape index (κ1) is 9.47. The minimum atomic E-state index is -0.607. The molecule has 0 spiro atoms. The molecular formula is C11H20O2. The summed E-state index contributed by atoms with van der Waals surface area (Å²) in [5, 5.41) is 10.1. The highest BCUT2D eigenvalue weighted by molar-refractivity contribution is 5.13. The maximum absolute atomic E-state index is 10.1. The standard InChI is InChI=1S/C11H20O2/c1-10(2)7-5-9(13-4)11(3,12)6-8(7)10/h7-9,12H,5-6H2,1-4H3/t7-,8+,9-,11-/m1/s1. The Kier molecular flexibility index (Phi) is 1.81. The van der Waals surface area contributed by atoms with Crippen LogP contribution < -0.4 is 0 Å². The van der Waals surface area contributed by atoms with E-state index >= 15 is 0 Å². The van der Waals surface area contributed by atoms with Crippen molar-refractivity contribution in [3.05, 3.63) is 0 Å². The Balaban J connectivity index is 2.13. The molecule has 2 saturated carbocycles. The maximum atomic E-state index is 10.1. The monoisotopic (exact) mass is 184 g/mol. The van der Waals surface area contributed by atoms with Crippen LogP contribution in [0.3, 0.4) is 0 Å². The number of hydrogen-bond donors (Lipinski definition) is 1. The molecule has 0 unspecified atom stereocenters. The Hall–Kier alpha value is -0.0800. The van der Waals surface area contributed by atoms with Gasteiger partial charge in [0.1, 0.15) is 0 Å². The molecule has 0 aliphatic heterocycles. The molecule has 2 fully saturated rings. The second-order valence-electron chi connectivity index (χ2n) is 5.56. The average Bonchev–Trinajstić information content (AvgIpc) is 2.50. The van der Waals surface area contributed by atoms with Crippen molar-refractivity contribution < 1.29 is 9.84 Å². The molecule has 4 atom stereocenters. The van der Waals surface area contributed by atoms with E-state index in [1.54, 1.807) is 7.11 Å². The van der Waals surface area contributed by atoms with Gasteiger partial charge in [0.15, 0.2) is 0 Å². The van der Waals surface area contributed by atoms with Gasteiger partial charge in [-0.3, -0.25) is 0 Å². The second kappa shape index (κ2) is 2.48. The van der Waals surface area contributed by atoms with Crippen molar-refractivity contribution in [2.75, 3.05) is 7.11 Å². The lowest BCUT2D eigenvalue weighted by atomic mass is 9.84. The molecule has 0 heterocycles. The Labute approximate surface area is 80.3 Å². The van der Waals surface area contributed by atoms with Crippen LogP contribution in [0.4, 0.5) is 0 Å². The van der Waals surface area contributed by atoms with E-state index in [-0.39, 0.29) is 6.10 Å². The first-order valence-electron chi connectivity index (χ1n) is 5.15. The summed E-state index contributed by atoms with van der Waals surface area (Å²) in [6.07, 6.45) is 1.97. The third-order valence-electron chi connectivity index (χ3n) is 4.37. The van der Waals surface area contributed by atoms with Gasteiger partial charge in [0, 0.05) is 7.11 Å². The zero-order chi connectivity index (χ0) is 9.85. The third kappa shape index (κ3) is 1.23. The maximum Gasteiger partial charge on any atom is 0.0883 e. The van der Waals surface area contributed by atoms with Crippen LogP contribution in [0.15, 0.2) is 0 Å². The largest absolute Gasteiger partial charge is 0.387 e. The molecule has 2 nitrogen and oxygen atoms in total. The normalized spacial score (nSPS) is 52.8. The summed E-state index contributed by atoms with van der Waals surface area (Å²) in [5.41, 5.74) is -0.166. The number of hydrogen-bond acceptors (Lipinski definition) is 2. The predicted octanol–water partition coefficient (Wildman–Crippen LogP) is 1.82. The van der Waals surface area contributed by atoms with Crippen molar-refractivity contribution in [3.8, 4) is 0 Å². The molecule has 2 rings (SSSR count). The fourth-order valence-electron chi connectivity index (χ4n) is 3.14. The highest BCUT2D eigenvalue weighted by atomic mass is 16.5. The molecule has 13 heavy (non-hydrogen) atoms. The van der Waals surface area contributed by atoms with Gasteiger partial charge in [-0.05, 0) is 37.0 Å². The first-order chi connectivity index (χ1) is 5.89. The molecule has 0 aromatic heterocycles. The summed E-state index contributed by atoms with van der Waals surface area (Å²) in [7, 11) is 1.70. The van der Waals surface area contributed by atoms with Gasteiger partial charge < -0.3 is 9.84 Å². The van der Waals surface area contributed by atoms with Crippen molar-refractivity contribution in [2.45, 2.75) is 45.3 Å². The summed E-state index contributed by atoms with van der Waals surface area (Å²) >= 11 is 0. The smallest absolute Gasteiger partial charge is 0.0883 e. The zero-order valence-electron chi connectivity index (χ0n) is 9.00. The quantitative estimate of drug-likeness (QED) is 0.673. The number of aliphatic hydroxyl groups is 1. The molecule has 2 heteroatoms. The fraction of sp³-hybridized carbons (Fsp3) is 1.00. The molecule has 0 saturated heterocycles. The summed E-state index contributed by atoms with van der Waals surface area (Å²) in [6.45, 7) is 6.51. The molecule has 0 aromatic carbocycles. The topological polar surface area (TPSA) is 29.5 Å². The van der Waals surface area contributed by atoms with E-state index in [0.717, 1.165) is 18.8 Å². The van der Waals surface area contributed by atoms with Crippen molar-refractivity contribution in [3.63, 3.8) is 0 Å². The summed E-state index contributed by atoms with van der Waals surface area (Å²) in [6, 6.07) is 0. The first-order valence-corrected chi connectivity index (χ1v) is 5.15. The van der Waals surface area contributed by atoms with Crippen LogP contribution in [0, 0.1) is 17.3 Å². The fourth-order valence-corrected chi connectivity index (χ4v) is 3.14. The molecule has 0 aromatic rings. The number of fused-ring (bicyclic) bond motifs is 1. The van der Waals surface area contributed by atoms with Crippen LogP contribution in [0.5, 0.6) is 0 Å². The van der Waals surface area contributed by atoms with Crippen molar-refractivity contribution in [1.29, 1.82) is 0 Å². The van der Waals surface area contributed by atoms with E-state index in [1.807, 2.05) is 6.92 Å². The summed E-state index contributed by atoms with van der Waals surface area (Å²) in [5.74, 6) is 1.49. The Morgan fingerprint density at radius 3 is 2.38 bits per heavy atom. The SMILES string of the molecule is CO[C@@H]1C[C@@H]2[C@H](C[C@@]1(C)O)C2(C)C. The zero-order valence-corrected chi connectivity index (χ0v) is 9.00. The van der Waals surface area contributed by atoms with Gasteiger partial charge in [-0.25, -0.2) is 0 Å². The molecular weight excluding hydrogens is 164 g/mol. The third-order valence-corrected chi connectivity index (χ3v) is 4.37. The van der Waals surface area contributed by atoms with Crippen LogP contribution >= 0.6 is 0 Å². The van der Waals surface area contributed by atoms with E-state index < -0.39 is 5.60 Å². The molecule has 2 aliphatic carbocycles.